The van der Waals surface area contributed by atoms with Gasteiger partial charge in [0.15, 0.2) is 0 Å². The molecule has 0 amide bonds. The van der Waals surface area contributed by atoms with Crippen molar-refractivity contribution in [2.75, 3.05) is 6.54 Å². The second-order valence-electron chi connectivity index (χ2n) is 8.61. The van der Waals surface area contributed by atoms with E-state index in [1.165, 1.54) is 36.8 Å². The monoisotopic (exact) mass is 271 g/mol. The van der Waals surface area contributed by atoms with Crippen LogP contribution in [-0.2, 0) is 5.41 Å². The number of aryl methyl sites for hydroxylation is 2. The van der Waals surface area contributed by atoms with E-state index < -0.39 is 0 Å². The number of rotatable bonds is 3. The van der Waals surface area contributed by atoms with Crippen LogP contribution in [0.15, 0.2) is 18.2 Å². The molecule has 0 unspecified atom stereocenters. The molecule has 0 aliphatic heterocycles. The maximum atomic E-state index is 3.77. The van der Waals surface area contributed by atoms with Gasteiger partial charge in [0.2, 0.25) is 0 Å². The minimum Gasteiger partial charge on any atom is -0.311 e. The smallest absolute Gasteiger partial charge is 0.00968 e. The lowest BCUT2D eigenvalue weighted by Gasteiger charge is -2.51. The van der Waals surface area contributed by atoms with Gasteiger partial charge in [0.25, 0.3) is 0 Å². The maximum Gasteiger partial charge on any atom is 0.00968 e. The summed E-state index contributed by atoms with van der Waals surface area (Å²) in [6.45, 7) is 12.4. The summed E-state index contributed by atoms with van der Waals surface area (Å²) in [5.41, 5.74) is 5.72. The predicted octanol–water partition coefficient (Wildman–Crippen LogP) is 4.50. The Morgan fingerprint density at radius 3 is 2.00 bits per heavy atom. The standard InChI is InChI=1S/C19H29N/c1-14-8-15(2)10-16(9-14)19(13-20-17(3,4)5)11-18(12-19)6-7-18/h8-10,20H,6-7,11-13H2,1-5H3. The summed E-state index contributed by atoms with van der Waals surface area (Å²) in [5.74, 6) is 0. The Bertz CT molecular complexity index is 489. The molecule has 1 aromatic carbocycles. The fourth-order valence-electron chi connectivity index (χ4n) is 4.06. The van der Waals surface area contributed by atoms with Crippen molar-refractivity contribution >= 4 is 0 Å². The third kappa shape index (κ3) is 2.65. The van der Waals surface area contributed by atoms with Crippen molar-refractivity contribution in [1.29, 1.82) is 0 Å². The van der Waals surface area contributed by atoms with Crippen LogP contribution in [0.1, 0.15) is 63.1 Å². The molecule has 3 rings (SSSR count). The summed E-state index contributed by atoms with van der Waals surface area (Å²) in [7, 11) is 0. The van der Waals surface area contributed by atoms with Gasteiger partial charge >= 0.3 is 0 Å². The molecule has 2 saturated carbocycles. The number of hydrogen-bond donors (Lipinski definition) is 1. The molecule has 20 heavy (non-hydrogen) atoms. The van der Waals surface area contributed by atoms with Crippen LogP contribution in [0.3, 0.4) is 0 Å². The van der Waals surface area contributed by atoms with E-state index in [9.17, 15) is 0 Å². The molecule has 0 aromatic heterocycles. The Morgan fingerprint density at radius 2 is 1.55 bits per heavy atom. The minimum absolute atomic E-state index is 0.207. The van der Waals surface area contributed by atoms with E-state index in [-0.39, 0.29) is 5.54 Å². The quantitative estimate of drug-likeness (QED) is 0.853. The molecule has 2 fully saturated rings. The zero-order chi connectivity index (χ0) is 14.6. The van der Waals surface area contributed by atoms with Crippen LogP contribution in [0.2, 0.25) is 0 Å². The van der Waals surface area contributed by atoms with E-state index in [4.69, 9.17) is 0 Å². The average molecular weight is 271 g/mol. The van der Waals surface area contributed by atoms with Crippen LogP contribution < -0.4 is 5.32 Å². The molecule has 2 aliphatic rings. The predicted molar refractivity (Wildman–Crippen MR) is 86.3 cm³/mol. The van der Waals surface area contributed by atoms with Gasteiger partial charge in [-0.05, 0) is 71.3 Å². The molecule has 1 heteroatoms. The molecule has 0 radical (unpaired) electrons. The van der Waals surface area contributed by atoms with Crippen molar-refractivity contribution in [2.45, 2.75) is 71.3 Å². The summed E-state index contributed by atoms with van der Waals surface area (Å²) in [6, 6.07) is 7.14. The summed E-state index contributed by atoms with van der Waals surface area (Å²) < 4.78 is 0. The Balaban J connectivity index is 1.86. The van der Waals surface area contributed by atoms with Crippen molar-refractivity contribution in [3.63, 3.8) is 0 Å². The first kappa shape index (κ1) is 14.1. The van der Waals surface area contributed by atoms with Gasteiger partial charge in [-0.2, -0.15) is 0 Å². The van der Waals surface area contributed by atoms with Crippen LogP contribution in [0.5, 0.6) is 0 Å². The molecule has 110 valence electrons. The van der Waals surface area contributed by atoms with E-state index in [0.29, 0.717) is 5.41 Å². The van der Waals surface area contributed by atoms with E-state index in [2.05, 4.69) is 58.1 Å². The Kier molecular flexibility index (Phi) is 3.06. The first-order valence-corrected chi connectivity index (χ1v) is 8.06. The Hall–Kier alpha value is -0.820. The fourth-order valence-corrected chi connectivity index (χ4v) is 4.06. The maximum absolute atomic E-state index is 3.77. The summed E-state index contributed by atoms with van der Waals surface area (Å²) in [6.07, 6.45) is 5.72. The molecule has 2 aliphatic carbocycles. The van der Waals surface area contributed by atoms with Crippen molar-refractivity contribution in [3.8, 4) is 0 Å². The van der Waals surface area contributed by atoms with Crippen LogP contribution in [0.25, 0.3) is 0 Å². The normalized spacial score (nSPS) is 22.6. The van der Waals surface area contributed by atoms with E-state index >= 15 is 0 Å². The molecule has 1 spiro atoms. The summed E-state index contributed by atoms with van der Waals surface area (Å²) in [4.78, 5) is 0. The molecular weight excluding hydrogens is 242 g/mol. The highest BCUT2D eigenvalue weighted by Crippen LogP contribution is 2.68. The lowest BCUT2D eigenvalue weighted by Crippen LogP contribution is -2.53. The lowest BCUT2D eigenvalue weighted by atomic mass is 9.56. The second kappa shape index (κ2) is 4.34. The molecule has 0 heterocycles. The molecular formula is C19H29N. The largest absolute Gasteiger partial charge is 0.311 e. The molecule has 0 bridgehead atoms. The highest BCUT2D eigenvalue weighted by molar-refractivity contribution is 5.39. The SMILES string of the molecule is Cc1cc(C)cc(C2(CNC(C)(C)C)CC3(CC3)C2)c1. The first-order chi connectivity index (χ1) is 9.22. The van der Waals surface area contributed by atoms with Crippen molar-refractivity contribution in [2.24, 2.45) is 5.41 Å². The van der Waals surface area contributed by atoms with Crippen LogP contribution in [-0.4, -0.2) is 12.1 Å². The molecule has 0 atom stereocenters. The molecule has 0 saturated heterocycles. The van der Waals surface area contributed by atoms with Crippen LogP contribution in [0.4, 0.5) is 0 Å². The minimum atomic E-state index is 0.207. The molecule has 1 N–H and O–H groups in total. The van der Waals surface area contributed by atoms with Gasteiger partial charge in [-0.25, -0.2) is 0 Å². The van der Waals surface area contributed by atoms with E-state index in [1.54, 1.807) is 5.56 Å². The van der Waals surface area contributed by atoms with Gasteiger partial charge in [-0.3, -0.25) is 0 Å². The Labute approximate surface area is 124 Å². The third-order valence-electron chi connectivity index (χ3n) is 5.18. The summed E-state index contributed by atoms with van der Waals surface area (Å²) >= 11 is 0. The van der Waals surface area contributed by atoms with Gasteiger partial charge < -0.3 is 5.32 Å². The fraction of sp³-hybridized carbons (Fsp3) is 0.684. The van der Waals surface area contributed by atoms with Gasteiger partial charge in [-0.1, -0.05) is 29.3 Å². The molecule has 1 aromatic rings. The van der Waals surface area contributed by atoms with Gasteiger partial charge in [0.05, 0.1) is 0 Å². The summed E-state index contributed by atoms with van der Waals surface area (Å²) in [5, 5.41) is 3.77. The van der Waals surface area contributed by atoms with Crippen molar-refractivity contribution < 1.29 is 0 Å². The zero-order valence-electron chi connectivity index (χ0n) is 13.8. The second-order valence-corrected chi connectivity index (χ2v) is 8.61. The topological polar surface area (TPSA) is 12.0 Å². The van der Waals surface area contributed by atoms with Gasteiger partial charge in [0, 0.05) is 17.5 Å². The third-order valence-corrected chi connectivity index (χ3v) is 5.18. The Morgan fingerprint density at radius 1 is 1.00 bits per heavy atom. The lowest BCUT2D eigenvalue weighted by molar-refractivity contribution is 0.108. The number of benzene rings is 1. The number of nitrogens with one attached hydrogen (secondary N) is 1. The van der Waals surface area contributed by atoms with Crippen molar-refractivity contribution in [3.05, 3.63) is 34.9 Å². The highest BCUT2D eigenvalue weighted by Gasteiger charge is 2.61. The van der Waals surface area contributed by atoms with E-state index in [0.717, 1.165) is 12.0 Å². The first-order valence-electron chi connectivity index (χ1n) is 8.06. The zero-order valence-corrected chi connectivity index (χ0v) is 13.8. The van der Waals surface area contributed by atoms with Crippen LogP contribution >= 0.6 is 0 Å². The van der Waals surface area contributed by atoms with Crippen molar-refractivity contribution in [1.82, 2.24) is 5.32 Å². The van der Waals surface area contributed by atoms with Gasteiger partial charge in [0.1, 0.15) is 0 Å². The number of hydrogen-bond acceptors (Lipinski definition) is 1. The van der Waals surface area contributed by atoms with Gasteiger partial charge in [-0.15, -0.1) is 0 Å². The average Bonchev–Trinajstić information content (AvgIpc) is 3.01. The highest BCUT2D eigenvalue weighted by atomic mass is 15.0. The van der Waals surface area contributed by atoms with Crippen LogP contribution in [0, 0.1) is 19.3 Å². The van der Waals surface area contributed by atoms with E-state index in [1.807, 2.05) is 0 Å². The molecule has 1 nitrogen and oxygen atoms in total.